The molecule has 0 radical (unpaired) electrons. The summed E-state index contributed by atoms with van der Waals surface area (Å²) in [6, 6.07) is 11.1. The third-order valence-electron chi connectivity index (χ3n) is 4.74. The second-order valence-electron chi connectivity index (χ2n) is 7.33. The Morgan fingerprint density at radius 1 is 1.32 bits per heavy atom. The van der Waals surface area contributed by atoms with Crippen LogP contribution in [0.15, 0.2) is 35.3 Å². The summed E-state index contributed by atoms with van der Waals surface area (Å²) in [6.45, 7) is 11.1. The smallest absolute Gasteiger partial charge is 0.191 e. The molecule has 0 bridgehead atoms. The molecule has 1 aliphatic rings. The van der Waals surface area contributed by atoms with Gasteiger partial charge in [0.25, 0.3) is 0 Å². The van der Waals surface area contributed by atoms with E-state index in [1.165, 1.54) is 5.56 Å². The molecule has 1 aromatic rings. The molecule has 0 saturated carbocycles. The fraction of sp³-hybridized carbons (Fsp3) is 0.667. The normalized spacial score (nSPS) is 19.2. The lowest BCUT2D eigenvalue weighted by molar-refractivity contribution is 0.0347. The van der Waals surface area contributed by atoms with Gasteiger partial charge >= 0.3 is 0 Å². The predicted octanol–water partition coefficient (Wildman–Crippen LogP) is 2.87. The summed E-state index contributed by atoms with van der Waals surface area (Å²) in [5, 5.41) is 6.77. The number of hydrogen-bond acceptors (Lipinski definition) is 4. The highest BCUT2D eigenvalue weighted by atomic mass is 127. The van der Waals surface area contributed by atoms with Crippen molar-refractivity contribution in [3.05, 3.63) is 35.9 Å². The lowest BCUT2D eigenvalue weighted by Gasteiger charge is -2.24. The molecule has 160 valence electrons. The SMILES string of the molecule is CCNC(=NCC(C)N(C)Cc1ccccc1)NC(C)COC1CCOC1.I. The maximum Gasteiger partial charge on any atom is 0.191 e. The lowest BCUT2D eigenvalue weighted by atomic mass is 10.2. The van der Waals surface area contributed by atoms with Gasteiger partial charge in [0, 0.05) is 31.8 Å². The minimum atomic E-state index is 0. The highest BCUT2D eigenvalue weighted by Crippen LogP contribution is 2.08. The molecule has 2 N–H and O–H groups in total. The van der Waals surface area contributed by atoms with E-state index >= 15 is 0 Å². The first-order valence-corrected chi connectivity index (χ1v) is 10.1. The molecule has 1 heterocycles. The zero-order valence-electron chi connectivity index (χ0n) is 17.7. The molecule has 1 aromatic carbocycles. The van der Waals surface area contributed by atoms with Crippen molar-refractivity contribution >= 4 is 29.9 Å². The molecule has 1 aliphatic heterocycles. The summed E-state index contributed by atoms with van der Waals surface area (Å²) in [4.78, 5) is 7.10. The van der Waals surface area contributed by atoms with Gasteiger partial charge in [0.05, 0.1) is 25.9 Å². The number of hydrogen-bond donors (Lipinski definition) is 2. The maximum absolute atomic E-state index is 5.90. The minimum Gasteiger partial charge on any atom is -0.379 e. The highest BCUT2D eigenvalue weighted by Gasteiger charge is 2.17. The van der Waals surface area contributed by atoms with E-state index in [2.05, 4.69) is 73.7 Å². The molecule has 7 heteroatoms. The number of ether oxygens (including phenoxy) is 2. The molecule has 0 aliphatic carbocycles. The first-order chi connectivity index (χ1) is 13.1. The largest absolute Gasteiger partial charge is 0.379 e. The molecule has 0 spiro atoms. The zero-order chi connectivity index (χ0) is 19.5. The average Bonchev–Trinajstić information content (AvgIpc) is 3.19. The fourth-order valence-electron chi connectivity index (χ4n) is 2.91. The Morgan fingerprint density at radius 2 is 2.07 bits per heavy atom. The van der Waals surface area contributed by atoms with Crippen molar-refractivity contribution < 1.29 is 9.47 Å². The van der Waals surface area contributed by atoms with Crippen molar-refractivity contribution in [3.8, 4) is 0 Å². The maximum atomic E-state index is 5.90. The first-order valence-electron chi connectivity index (χ1n) is 10.1. The molecular weight excluding hydrogens is 467 g/mol. The predicted molar refractivity (Wildman–Crippen MR) is 127 cm³/mol. The summed E-state index contributed by atoms with van der Waals surface area (Å²) in [5.74, 6) is 0.844. The summed E-state index contributed by atoms with van der Waals surface area (Å²) >= 11 is 0. The van der Waals surface area contributed by atoms with Gasteiger partial charge in [0.2, 0.25) is 0 Å². The molecule has 1 saturated heterocycles. The number of rotatable bonds is 10. The Balaban J connectivity index is 0.00000392. The van der Waals surface area contributed by atoms with Crippen LogP contribution in [0.1, 0.15) is 32.8 Å². The van der Waals surface area contributed by atoms with Crippen LogP contribution in [0.5, 0.6) is 0 Å². The quantitative estimate of drug-likeness (QED) is 0.292. The molecule has 3 atom stereocenters. The van der Waals surface area contributed by atoms with Crippen molar-refractivity contribution in [2.45, 2.75) is 51.9 Å². The number of nitrogens with one attached hydrogen (secondary N) is 2. The number of halogens is 1. The van der Waals surface area contributed by atoms with Crippen LogP contribution in [0.3, 0.4) is 0 Å². The second kappa shape index (κ2) is 14.1. The van der Waals surface area contributed by atoms with Gasteiger partial charge in [-0.25, -0.2) is 0 Å². The number of aliphatic imine (C=N–C) groups is 1. The van der Waals surface area contributed by atoms with E-state index < -0.39 is 0 Å². The third-order valence-corrected chi connectivity index (χ3v) is 4.74. The van der Waals surface area contributed by atoms with E-state index in [0.29, 0.717) is 19.3 Å². The van der Waals surface area contributed by atoms with Crippen LogP contribution in [0.4, 0.5) is 0 Å². The minimum absolute atomic E-state index is 0. The van der Waals surface area contributed by atoms with E-state index in [0.717, 1.165) is 38.6 Å². The lowest BCUT2D eigenvalue weighted by Crippen LogP contribution is -2.45. The van der Waals surface area contributed by atoms with Crippen molar-refractivity contribution in [1.82, 2.24) is 15.5 Å². The second-order valence-corrected chi connectivity index (χ2v) is 7.33. The van der Waals surface area contributed by atoms with E-state index in [1.807, 2.05) is 0 Å². The average molecular weight is 504 g/mol. The van der Waals surface area contributed by atoms with Gasteiger partial charge in [-0.15, -0.1) is 24.0 Å². The Bertz CT molecular complexity index is 553. The van der Waals surface area contributed by atoms with Crippen molar-refractivity contribution in [2.75, 3.05) is 40.0 Å². The van der Waals surface area contributed by atoms with Gasteiger partial charge < -0.3 is 20.1 Å². The molecule has 3 unspecified atom stereocenters. The van der Waals surface area contributed by atoms with E-state index in [-0.39, 0.29) is 36.1 Å². The molecule has 1 fully saturated rings. The third kappa shape index (κ3) is 9.54. The Hall–Kier alpha value is -0.900. The van der Waals surface area contributed by atoms with E-state index in [9.17, 15) is 0 Å². The number of nitrogens with zero attached hydrogens (tertiary/aromatic N) is 2. The fourth-order valence-corrected chi connectivity index (χ4v) is 2.91. The van der Waals surface area contributed by atoms with Crippen LogP contribution in [-0.2, 0) is 16.0 Å². The molecule has 2 rings (SSSR count). The number of likely N-dealkylation sites (N-methyl/N-ethyl adjacent to an activating group) is 1. The molecule has 0 aromatic heterocycles. The monoisotopic (exact) mass is 504 g/mol. The Kier molecular flexibility index (Phi) is 12.7. The number of guanidine groups is 1. The Labute approximate surface area is 187 Å². The molecular formula is C21H37IN4O2. The van der Waals surface area contributed by atoms with E-state index in [1.54, 1.807) is 0 Å². The van der Waals surface area contributed by atoms with Crippen molar-refractivity contribution in [1.29, 1.82) is 0 Å². The summed E-state index contributed by atoms with van der Waals surface area (Å²) in [5.41, 5.74) is 1.32. The van der Waals surface area contributed by atoms with Gasteiger partial charge in [-0.05, 0) is 39.8 Å². The standard InChI is InChI=1S/C21H36N4O2.HI/c1-5-22-21(24-17(2)15-27-20-11-12-26-16-20)23-13-18(3)25(4)14-19-9-7-6-8-10-19;/h6-10,17-18,20H,5,11-16H2,1-4H3,(H2,22,23,24);1H. The van der Waals surface area contributed by atoms with Gasteiger partial charge in [-0.2, -0.15) is 0 Å². The van der Waals surface area contributed by atoms with E-state index in [4.69, 9.17) is 14.5 Å². The van der Waals surface area contributed by atoms with Gasteiger partial charge in [-0.3, -0.25) is 9.89 Å². The van der Waals surface area contributed by atoms with Crippen molar-refractivity contribution in [2.24, 2.45) is 4.99 Å². The van der Waals surface area contributed by atoms with Gasteiger partial charge in [0.1, 0.15) is 0 Å². The first kappa shape index (κ1) is 25.1. The summed E-state index contributed by atoms with van der Waals surface area (Å²) in [6.07, 6.45) is 1.23. The van der Waals surface area contributed by atoms with Crippen LogP contribution in [0.2, 0.25) is 0 Å². The Morgan fingerprint density at radius 3 is 2.71 bits per heavy atom. The topological polar surface area (TPSA) is 58.1 Å². The summed E-state index contributed by atoms with van der Waals surface area (Å²) < 4.78 is 11.2. The zero-order valence-corrected chi connectivity index (χ0v) is 20.0. The molecule has 0 amide bonds. The summed E-state index contributed by atoms with van der Waals surface area (Å²) in [7, 11) is 2.15. The highest BCUT2D eigenvalue weighted by molar-refractivity contribution is 14.0. The van der Waals surface area contributed by atoms with Gasteiger partial charge in [0.15, 0.2) is 5.96 Å². The van der Waals surface area contributed by atoms with Gasteiger partial charge in [-0.1, -0.05) is 30.3 Å². The molecule has 28 heavy (non-hydrogen) atoms. The van der Waals surface area contributed by atoms with Crippen molar-refractivity contribution in [3.63, 3.8) is 0 Å². The van der Waals surface area contributed by atoms with Crippen LogP contribution in [0, 0.1) is 0 Å². The van der Waals surface area contributed by atoms with Crippen LogP contribution in [-0.4, -0.2) is 69.0 Å². The van der Waals surface area contributed by atoms with Crippen LogP contribution < -0.4 is 10.6 Å². The molecule has 6 nitrogen and oxygen atoms in total. The van der Waals surface area contributed by atoms with Crippen LogP contribution in [0.25, 0.3) is 0 Å². The van der Waals surface area contributed by atoms with Crippen LogP contribution >= 0.6 is 24.0 Å². The number of benzene rings is 1.